The predicted molar refractivity (Wildman–Crippen MR) is 94.8 cm³/mol. The second-order valence-electron chi connectivity index (χ2n) is 6.48. The lowest BCUT2D eigenvalue weighted by Crippen LogP contribution is -2.47. The maximum atomic E-state index is 14.7. The second-order valence-corrected chi connectivity index (χ2v) is 6.48. The topological polar surface area (TPSA) is 80.4 Å². The quantitative estimate of drug-likeness (QED) is 0.770. The summed E-state index contributed by atoms with van der Waals surface area (Å²) in [7, 11) is 0. The Morgan fingerprint density at radius 3 is 2.29 bits per heavy atom. The lowest BCUT2D eigenvalue weighted by molar-refractivity contribution is -0.138. The van der Waals surface area contributed by atoms with Gasteiger partial charge in [-0.05, 0) is 13.0 Å². The predicted octanol–water partition coefficient (Wildman–Crippen LogP) is 2.08. The molecule has 0 saturated carbocycles. The molecule has 3 heterocycles. The number of pyridine rings is 1. The van der Waals surface area contributed by atoms with Gasteiger partial charge in [0.05, 0.1) is 11.3 Å². The van der Waals surface area contributed by atoms with Crippen LogP contribution in [-0.2, 0) is 6.18 Å². The van der Waals surface area contributed by atoms with Crippen LogP contribution in [0.15, 0.2) is 24.7 Å². The molecule has 1 aliphatic heterocycles. The highest BCUT2D eigenvalue weighted by Gasteiger charge is 2.32. The van der Waals surface area contributed by atoms with Crippen molar-refractivity contribution in [2.24, 2.45) is 5.73 Å². The van der Waals surface area contributed by atoms with Crippen LogP contribution < -0.4 is 20.3 Å². The maximum absolute atomic E-state index is 14.7. The Labute approximate surface area is 159 Å². The van der Waals surface area contributed by atoms with E-state index in [1.807, 2.05) is 4.90 Å². The molecule has 0 aliphatic carbocycles. The molecule has 0 radical (unpaired) electrons. The van der Waals surface area contributed by atoms with E-state index in [1.165, 1.54) is 6.20 Å². The van der Waals surface area contributed by atoms with Gasteiger partial charge >= 0.3 is 6.18 Å². The molecule has 1 atom stereocenters. The Kier molecular flexibility index (Phi) is 5.82. The Balaban J connectivity index is 1.65. The minimum Gasteiger partial charge on any atom is -0.474 e. The molecule has 2 aromatic heterocycles. The zero-order valence-corrected chi connectivity index (χ0v) is 15.2. The van der Waals surface area contributed by atoms with Crippen LogP contribution in [0, 0.1) is 5.82 Å². The molecule has 2 N–H and O–H groups in total. The molecular formula is C17H20F4N6O. The highest BCUT2D eigenvalue weighted by atomic mass is 19.4. The van der Waals surface area contributed by atoms with Crippen molar-refractivity contribution in [3.05, 3.63) is 36.0 Å². The maximum Gasteiger partial charge on any atom is 0.419 e. The summed E-state index contributed by atoms with van der Waals surface area (Å²) < 4.78 is 57.8. The van der Waals surface area contributed by atoms with Crippen LogP contribution in [0.25, 0.3) is 0 Å². The summed E-state index contributed by atoms with van der Waals surface area (Å²) in [6.45, 7) is 3.64. The minimum absolute atomic E-state index is 0.108. The van der Waals surface area contributed by atoms with Crippen LogP contribution in [0.2, 0.25) is 0 Å². The van der Waals surface area contributed by atoms with E-state index in [0.29, 0.717) is 31.9 Å². The Morgan fingerprint density at radius 1 is 1.11 bits per heavy atom. The number of nitrogens with zero attached hydrogens (tertiary/aromatic N) is 5. The zero-order valence-electron chi connectivity index (χ0n) is 15.2. The van der Waals surface area contributed by atoms with E-state index in [0.717, 1.165) is 12.4 Å². The number of alkyl halides is 3. The molecule has 1 unspecified atom stereocenters. The van der Waals surface area contributed by atoms with E-state index in [4.69, 9.17) is 10.5 Å². The number of hydrogen-bond acceptors (Lipinski definition) is 7. The molecule has 11 heteroatoms. The first-order valence-corrected chi connectivity index (χ1v) is 8.67. The number of piperazine rings is 1. The molecule has 3 rings (SSSR count). The molecule has 28 heavy (non-hydrogen) atoms. The van der Waals surface area contributed by atoms with Gasteiger partial charge in [0, 0.05) is 50.8 Å². The van der Waals surface area contributed by atoms with Gasteiger partial charge < -0.3 is 20.3 Å². The number of rotatable bonds is 5. The van der Waals surface area contributed by atoms with E-state index < -0.39 is 17.6 Å². The SMILES string of the molecule is CC(N)COc1nccc(N2CCN(c3ncc(C(F)(F)F)cn3)CC2)c1F. The summed E-state index contributed by atoms with van der Waals surface area (Å²) in [4.78, 5) is 15.1. The Hall–Kier alpha value is -2.69. The van der Waals surface area contributed by atoms with E-state index in [9.17, 15) is 17.6 Å². The van der Waals surface area contributed by atoms with Crippen molar-refractivity contribution in [2.75, 3.05) is 42.6 Å². The lowest BCUT2D eigenvalue weighted by atomic mass is 10.2. The van der Waals surface area contributed by atoms with E-state index in [2.05, 4.69) is 15.0 Å². The minimum atomic E-state index is -4.47. The molecule has 2 aromatic rings. The van der Waals surface area contributed by atoms with Gasteiger partial charge in [-0.3, -0.25) is 0 Å². The highest BCUT2D eigenvalue weighted by molar-refractivity contribution is 5.51. The molecule has 0 spiro atoms. The summed E-state index contributed by atoms with van der Waals surface area (Å²) in [5, 5.41) is 0. The number of anilines is 2. The van der Waals surface area contributed by atoms with Crippen LogP contribution in [0.1, 0.15) is 12.5 Å². The largest absolute Gasteiger partial charge is 0.474 e. The van der Waals surface area contributed by atoms with Crippen molar-refractivity contribution in [1.82, 2.24) is 15.0 Å². The van der Waals surface area contributed by atoms with Gasteiger partial charge in [0.25, 0.3) is 5.88 Å². The Bertz CT molecular complexity index is 791. The van der Waals surface area contributed by atoms with Crippen LogP contribution in [0.4, 0.5) is 29.2 Å². The Morgan fingerprint density at radius 2 is 1.71 bits per heavy atom. The first kappa shape index (κ1) is 20.1. The zero-order chi connectivity index (χ0) is 20.3. The van der Waals surface area contributed by atoms with E-state index >= 15 is 0 Å². The van der Waals surface area contributed by atoms with Crippen molar-refractivity contribution >= 4 is 11.6 Å². The average Bonchev–Trinajstić information content (AvgIpc) is 2.67. The van der Waals surface area contributed by atoms with Crippen molar-refractivity contribution in [1.29, 1.82) is 0 Å². The molecule has 0 bridgehead atoms. The van der Waals surface area contributed by atoms with Gasteiger partial charge in [-0.25, -0.2) is 15.0 Å². The van der Waals surface area contributed by atoms with Crippen LogP contribution in [0.5, 0.6) is 5.88 Å². The lowest BCUT2D eigenvalue weighted by Gasteiger charge is -2.36. The van der Waals surface area contributed by atoms with E-state index in [-0.39, 0.29) is 24.5 Å². The van der Waals surface area contributed by atoms with Gasteiger partial charge in [-0.2, -0.15) is 17.6 Å². The number of nitrogens with two attached hydrogens (primary N) is 1. The number of ether oxygens (including phenoxy) is 1. The average molecular weight is 400 g/mol. The number of halogens is 4. The number of aromatic nitrogens is 3. The van der Waals surface area contributed by atoms with Crippen LogP contribution in [-0.4, -0.2) is 53.8 Å². The monoisotopic (exact) mass is 400 g/mol. The highest BCUT2D eigenvalue weighted by Crippen LogP contribution is 2.29. The summed E-state index contributed by atoms with van der Waals surface area (Å²) in [5.41, 5.74) is 5.06. The molecule has 1 saturated heterocycles. The molecule has 7 nitrogen and oxygen atoms in total. The summed E-state index contributed by atoms with van der Waals surface area (Å²) in [5.74, 6) is -0.463. The molecule has 1 fully saturated rings. The van der Waals surface area contributed by atoms with E-state index in [1.54, 1.807) is 17.9 Å². The first-order chi connectivity index (χ1) is 13.3. The molecule has 0 amide bonds. The third-order valence-electron chi connectivity index (χ3n) is 4.19. The molecule has 0 aromatic carbocycles. The van der Waals surface area contributed by atoms with Crippen molar-refractivity contribution in [3.63, 3.8) is 0 Å². The van der Waals surface area contributed by atoms with Crippen molar-refractivity contribution in [2.45, 2.75) is 19.1 Å². The number of hydrogen-bond donors (Lipinski definition) is 1. The molecule has 1 aliphatic rings. The molecular weight excluding hydrogens is 380 g/mol. The first-order valence-electron chi connectivity index (χ1n) is 8.67. The van der Waals surface area contributed by atoms with Crippen molar-refractivity contribution < 1.29 is 22.3 Å². The van der Waals surface area contributed by atoms with Gasteiger partial charge in [-0.1, -0.05) is 0 Å². The van der Waals surface area contributed by atoms with Gasteiger partial charge in [-0.15, -0.1) is 0 Å². The van der Waals surface area contributed by atoms with Gasteiger partial charge in [0.15, 0.2) is 0 Å². The van der Waals surface area contributed by atoms with Gasteiger partial charge in [0.1, 0.15) is 6.61 Å². The smallest absolute Gasteiger partial charge is 0.419 e. The normalized spacial score (nSPS) is 16.2. The van der Waals surface area contributed by atoms with Crippen LogP contribution >= 0.6 is 0 Å². The van der Waals surface area contributed by atoms with Gasteiger partial charge in [0.2, 0.25) is 11.8 Å². The fourth-order valence-electron chi connectivity index (χ4n) is 2.75. The third kappa shape index (κ3) is 4.58. The second kappa shape index (κ2) is 8.13. The van der Waals surface area contributed by atoms with Crippen LogP contribution in [0.3, 0.4) is 0 Å². The molecule has 152 valence electrons. The van der Waals surface area contributed by atoms with Crippen molar-refractivity contribution in [3.8, 4) is 5.88 Å². The summed E-state index contributed by atoms with van der Waals surface area (Å²) in [6.07, 6.45) is -1.49. The standard InChI is InChI=1S/C17H20F4N6O/c1-11(22)10-28-15-14(18)13(2-3-23-15)26-4-6-27(7-5-26)16-24-8-12(9-25-16)17(19,20)21/h2-3,8-9,11H,4-7,10,22H2,1H3. The fourth-order valence-corrected chi connectivity index (χ4v) is 2.75. The fraction of sp³-hybridized carbons (Fsp3) is 0.471. The third-order valence-corrected chi connectivity index (χ3v) is 4.19. The summed E-state index contributed by atoms with van der Waals surface area (Å²) in [6, 6.07) is 1.30. The summed E-state index contributed by atoms with van der Waals surface area (Å²) >= 11 is 0.